The Bertz CT molecular complexity index is 669. The second-order valence-corrected chi connectivity index (χ2v) is 5.68. The van der Waals surface area contributed by atoms with Crippen LogP contribution in [0.3, 0.4) is 0 Å². The smallest absolute Gasteiger partial charge is 0.127 e. The second-order valence-electron chi connectivity index (χ2n) is 4.91. The molecule has 0 unspecified atom stereocenters. The number of aromatic nitrogens is 1. The fourth-order valence-corrected chi connectivity index (χ4v) is 3.29. The van der Waals surface area contributed by atoms with Gasteiger partial charge in [0.25, 0.3) is 0 Å². The van der Waals surface area contributed by atoms with Gasteiger partial charge in [-0.25, -0.2) is 0 Å². The summed E-state index contributed by atoms with van der Waals surface area (Å²) < 4.78 is 4.23. The quantitative estimate of drug-likeness (QED) is 0.908. The van der Waals surface area contributed by atoms with Crippen LogP contribution in [-0.4, -0.2) is 10.9 Å². The maximum absolute atomic E-state index is 9.14. The molecule has 20 heavy (non-hydrogen) atoms. The maximum atomic E-state index is 9.14. The number of fused-ring (bicyclic) bond motifs is 1. The fourth-order valence-electron chi connectivity index (χ4n) is 2.55. The lowest BCUT2D eigenvalue weighted by atomic mass is 9.97. The Kier molecular flexibility index (Phi) is 3.57. The van der Waals surface area contributed by atoms with Crippen molar-refractivity contribution < 1.29 is 0 Å². The van der Waals surface area contributed by atoms with Crippen LogP contribution in [0, 0.1) is 18.3 Å². The lowest BCUT2D eigenvalue weighted by Crippen LogP contribution is -2.14. The van der Waals surface area contributed by atoms with Crippen LogP contribution in [0.15, 0.2) is 18.2 Å². The third-order valence-electron chi connectivity index (χ3n) is 3.61. The van der Waals surface area contributed by atoms with Gasteiger partial charge >= 0.3 is 0 Å². The van der Waals surface area contributed by atoms with E-state index in [-0.39, 0.29) is 0 Å². The first-order valence-corrected chi connectivity index (χ1v) is 7.52. The highest BCUT2D eigenvalue weighted by Crippen LogP contribution is 2.28. The Labute approximate surface area is 122 Å². The molecule has 5 heteroatoms. The minimum absolute atomic E-state index is 0.665. The highest BCUT2D eigenvalue weighted by atomic mass is 32.1. The molecule has 0 saturated heterocycles. The molecule has 1 aliphatic rings. The van der Waals surface area contributed by atoms with E-state index in [0.717, 1.165) is 30.2 Å². The maximum Gasteiger partial charge on any atom is 0.127 e. The summed E-state index contributed by atoms with van der Waals surface area (Å²) in [5.41, 5.74) is 5.40. The predicted molar refractivity (Wildman–Crippen MR) is 82.1 cm³/mol. The van der Waals surface area contributed by atoms with Crippen LogP contribution < -0.4 is 10.6 Å². The van der Waals surface area contributed by atoms with Crippen molar-refractivity contribution in [2.45, 2.75) is 26.3 Å². The van der Waals surface area contributed by atoms with Gasteiger partial charge in [0.2, 0.25) is 0 Å². The molecule has 0 radical (unpaired) electrons. The lowest BCUT2D eigenvalue weighted by molar-refractivity contribution is 0.818. The average Bonchev–Trinajstić information content (AvgIpc) is 2.85. The molecule has 0 amide bonds. The first-order chi connectivity index (χ1) is 9.79. The molecule has 0 atom stereocenters. The minimum atomic E-state index is 0.665. The lowest BCUT2D eigenvalue weighted by Gasteiger charge is -2.21. The largest absolute Gasteiger partial charge is 0.385 e. The monoisotopic (exact) mass is 284 g/mol. The number of benzene rings is 1. The van der Waals surface area contributed by atoms with Crippen LogP contribution in [0.25, 0.3) is 0 Å². The van der Waals surface area contributed by atoms with Crippen molar-refractivity contribution in [3.05, 3.63) is 40.6 Å². The van der Waals surface area contributed by atoms with Crippen molar-refractivity contribution in [1.29, 1.82) is 5.26 Å². The summed E-state index contributed by atoms with van der Waals surface area (Å²) in [4.78, 5) is 0. The molecule has 2 N–H and O–H groups in total. The van der Waals surface area contributed by atoms with E-state index in [1.165, 1.54) is 34.8 Å². The zero-order valence-corrected chi connectivity index (χ0v) is 12.2. The summed E-state index contributed by atoms with van der Waals surface area (Å²) in [6, 6.07) is 8.58. The average molecular weight is 284 g/mol. The molecule has 0 spiro atoms. The topological polar surface area (TPSA) is 60.7 Å². The molecule has 1 aromatic heterocycles. The van der Waals surface area contributed by atoms with Crippen LogP contribution in [0.5, 0.6) is 0 Å². The summed E-state index contributed by atoms with van der Waals surface area (Å²) in [6.07, 6.45) is 2.29. The zero-order valence-electron chi connectivity index (χ0n) is 11.4. The van der Waals surface area contributed by atoms with Gasteiger partial charge in [-0.1, -0.05) is 12.1 Å². The summed E-state index contributed by atoms with van der Waals surface area (Å²) in [7, 11) is 0. The van der Waals surface area contributed by atoms with E-state index in [1.54, 1.807) is 0 Å². The molecule has 2 aromatic rings. The van der Waals surface area contributed by atoms with Crippen molar-refractivity contribution >= 4 is 22.2 Å². The first-order valence-electron chi connectivity index (χ1n) is 6.74. The molecule has 1 aromatic carbocycles. The Hall–Kier alpha value is -2.06. The summed E-state index contributed by atoms with van der Waals surface area (Å²) >= 11 is 1.36. The van der Waals surface area contributed by atoms with Crippen molar-refractivity contribution in [3.8, 4) is 6.07 Å². The van der Waals surface area contributed by atoms with Gasteiger partial charge in [-0.3, -0.25) is 0 Å². The van der Waals surface area contributed by atoms with E-state index < -0.39 is 0 Å². The zero-order chi connectivity index (χ0) is 13.9. The van der Waals surface area contributed by atoms with Crippen LogP contribution in [0.1, 0.15) is 28.8 Å². The Morgan fingerprint density at radius 3 is 3.25 bits per heavy atom. The molecule has 0 bridgehead atoms. The van der Waals surface area contributed by atoms with E-state index in [2.05, 4.69) is 39.3 Å². The van der Waals surface area contributed by atoms with Crippen molar-refractivity contribution in [1.82, 2.24) is 4.37 Å². The molecule has 1 aliphatic heterocycles. The molecule has 2 heterocycles. The van der Waals surface area contributed by atoms with Gasteiger partial charge in [-0.05, 0) is 48.5 Å². The molecular weight excluding hydrogens is 268 g/mol. The normalized spacial score (nSPS) is 13.2. The molecule has 102 valence electrons. The number of hydrogen-bond acceptors (Lipinski definition) is 5. The predicted octanol–water partition coefficient (Wildman–Crippen LogP) is 3.29. The van der Waals surface area contributed by atoms with Crippen LogP contribution >= 0.6 is 11.5 Å². The van der Waals surface area contributed by atoms with Gasteiger partial charge in [0.1, 0.15) is 16.6 Å². The van der Waals surface area contributed by atoms with Crippen LogP contribution in [-0.2, 0) is 13.0 Å². The number of nitriles is 1. The van der Waals surface area contributed by atoms with E-state index in [1.807, 2.05) is 6.92 Å². The third-order valence-corrected chi connectivity index (χ3v) is 4.50. The standard InChI is InChI=1S/C15H16N4S/c1-10-13(8-16)15(20-19-10)18-9-11-4-2-6-14-12(11)5-3-7-17-14/h2,4,6,17-18H,3,5,7,9H2,1H3. The Morgan fingerprint density at radius 1 is 1.50 bits per heavy atom. The number of anilines is 2. The number of nitrogens with one attached hydrogen (secondary N) is 2. The molecule has 0 saturated carbocycles. The van der Waals surface area contributed by atoms with Gasteiger partial charge in [0.05, 0.1) is 5.69 Å². The van der Waals surface area contributed by atoms with Crippen LogP contribution in [0.4, 0.5) is 10.7 Å². The number of rotatable bonds is 3. The number of hydrogen-bond donors (Lipinski definition) is 2. The Balaban J connectivity index is 1.81. The van der Waals surface area contributed by atoms with Crippen molar-refractivity contribution in [2.75, 3.05) is 17.2 Å². The fraction of sp³-hybridized carbons (Fsp3) is 0.333. The first kappa shape index (κ1) is 12.9. The van der Waals surface area contributed by atoms with Gasteiger partial charge in [0, 0.05) is 18.8 Å². The van der Waals surface area contributed by atoms with E-state index in [9.17, 15) is 0 Å². The molecule has 3 rings (SSSR count). The highest BCUT2D eigenvalue weighted by Gasteiger charge is 2.14. The van der Waals surface area contributed by atoms with E-state index in [0.29, 0.717) is 5.56 Å². The molecule has 0 aliphatic carbocycles. The summed E-state index contributed by atoms with van der Waals surface area (Å²) in [5.74, 6) is 0. The van der Waals surface area contributed by atoms with E-state index in [4.69, 9.17) is 5.26 Å². The van der Waals surface area contributed by atoms with Gasteiger partial charge in [-0.15, -0.1) is 0 Å². The van der Waals surface area contributed by atoms with Crippen molar-refractivity contribution in [3.63, 3.8) is 0 Å². The van der Waals surface area contributed by atoms with Gasteiger partial charge in [0.15, 0.2) is 0 Å². The molecular formula is C15H16N4S. The number of aryl methyl sites for hydroxylation is 1. The van der Waals surface area contributed by atoms with Crippen LogP contribution in [0.2, 0.25) is 0 Å². The van der Waals surface area contributed by atoms with E-state index >= 15 is 0 Å². The van der Waals surface area contributed by atoms with Gasteiger partial charge in [-0.2, -0.15) is 9.64 Å². The molecule has 0 fully saturated rings. The number of nitrogens with zero attached hydrogens (tertiary/aromatic N) is 2. The third kappa shape index (κ3) is 2.35. The SMILES string of the molecule is Cc1nsc(NCc2cccc3c2CCCN3)c1C#N. The van der Waals surface area contributed by atoms with Crippen molar-refractivity contribution in [2.24, 2.45) is 0 Å². The molecule has 4 nitrogen and oxygen atoms in total. The minimum Gasteiger partial charge on any atom is -0.385 e. The van der Waals surface area contributed by atoms with Gasteiger partial charge < -0.3 is 10.6 Å². The summed E-state index contributed by atoms with van der Waals surface area (Å²) in [5, 5.41) is 16.8. The Morgan fingerprint density at radius 2 is 2.40 bits per heavy atom. The second kappa shape index (κ2) is 5.51. The summed E-state index contributed by atoms with van der Waals surface area (Å²) in [6.45, 7) is 3.66. The highest BCUT2D eigenvalue weighted by molar-refractivity contribution is 7.10.